The van der Waals surface area contributed by atoms with Crippen molar-refractivity contribution in [3.05, 3.63) is 40.5 Å². The van der Waals surface area contributed by atoms with E-state index in [9.17, 15) is 13.2 Å². The van der Waals surface area contributed by atoms with Crippen LogP contribution in [-0.2, 0) is 14.8 Å². The van der Waals surface area contributed by atoms with Crippen LogP contribution in [0, 0.1) is 6.92 Å². The van der Waals surface area contributed by atoms with Crippen molar-refractivity contribution in [3.8, 4) is 0 Å². The molecule has 9 heteroatoms. The van der Waals surface area contributed by atoms with Gasteiger partial charge in [0.1, 0.15) is 10.7 Å². The number of methoxy groups -OCH3 is 1. The first-order chi connectivity index (χ1) is 9.85. The molecule has 0 unspecified atom stereocenters. The van der Waals surface area contributed by atoms with Gasteiger partial charge in [-0.1, -0.05) is 11.6 Å². The first kappa shape index (κ1) is 15.3. The number of nitrogens with one attached hydrogen (secondary N) is 2. The minimum Gasteiger partial charge on any atom is -0.465 e. The Morgan fingerprint density at radius 2 is 2.14 bits per heavy atom. The third kappa shape index (κ3) is 3.17. The summed E-state index contributed by atoms with van der Waals surface area (Å²) in [5.41, 5.74) is 0.711. The van der Waals surface area contributed by atoms with Crippen molar-refractivity contribution in [1.29, 1.82) is 0 Å². The molecule has 0 fully saturated rings. The molecule has 2 N–H and O–H groups in total. The summed E-state index contributed by atoms with van der Waals surface area (Å²) in [6, 6.07) is 3.86. The molecule has 0 aliphatic carbocycles. The molecule has 0 radical (unpaired) electrons. The molecule has 112 valence electrons. The molecule has 7 nitrogen and oxygen atoms in total. The number of H-pyrrole nitrogens is 1. The number of carbonyl (C=O) groups is 1. The molecule has 1 aromatic heterocycles. The van der Waals surface area contributed by atoms with Crippen LogP contribution in [-0.4, -0.2) is 31.7 Å². The number of aromatic amines is 1. The van der Waals surface area contributed by atoms with Gasteiger partial charge in [-0.3, -0.25) is 9.82 Å². The Morgan fingerprint density at radius 3 is 2.71 bits per heavy atom. The fraction of sp³-hybridized carbons (Fsp3) is 0.167. The highest BCUT2D eigenvalue weighted by molar-refractivity contribution is 7.92. The number of sulfonamides is 1. The van der Waals surface area contributed by atoms with E-state index < -0.39 is 16.0 Å². The lowest BCUT2D eigenvalue weighted by Gasteiger charge is -2.10. The molecule has 0 aliphatic rings. The predicted octanol–water partition coefficient (Wildman–Crippen LogP) is 1.96. The quantitative estimate of drug-likeness (QED) is 0.835. The molecule has 0 atom stereocenters. The van der Waals surface area contributed by atoms with Gasteiger partial charge in [-0.05, 0) is 25.1 Å². The minimum absolute atomic E-state index is 0.00711. The Morgan fingerprint density at radius 1 is 1.43 bits per heavy atom. The van der Waals surface area contributed by atoms with E-state index in [0.717, 1.165) is 6.07 Å². The number of benzene rings is 1. The Labute approximate surface area is 126 Å². The lowest BCUT2D eigenvalue weighted by molar-refractivity contribution is 0.0600. The molecule has 21 heavy (non-hydrogen) atoms. The summed E-state index contributed by atoms with van der Waals surface area (Å²) < 4.78 is 31.6. The summed E-state index contributed by atoms with van der Waals surface area (Å²) in [6.07, 6.45) is 1.48. The molecule has 0 amide bonds. The monoisotopic (exact) mass is 329 g/mol. The number of rotatable bonds is 4. The van der Waals surface area contributed by atoms with Crippen LogP contribution in [0.25, 0.3) is 0 Å². The van der Waals surface area contributed by atoms with Gasteiger partial charge in [0.25, 0.3) is 10.0 Å². The lowest BCUT2D eigenvalue weighted by atomic mass is 10.2. The van der Waals surface area contributed by atoms with Gasteiger partial charge < -0.3 is 4.74 Å². The van der Waals surface area contributed by atoms with E-state index in [1.807, 2.05) is 0 Å². The number of aryl methyl sites for hydroxylation is 1. The van der Waals surface area contributed by atoms with Crippen molar-refractivity contribution >= 4 is 33.4 Å². The topological polar surface area (TPSA) is 101 Å². The molecule has 2 aromatic rings. The second kappa shape index (κ2) is 5.74. The summed E-state index contributed by atoms with van der Waals surface area (Å²) in [4.78, 5) is 11.3. The Kier molecular flexibility index (Phi) is 4.19. The van der Waals surface area contributed by atoms with Gasteiger partial charge in [-0.25, -0.2) is 13.2 Å². The van der Waals surface area contributed by atoms with Crippen molar-refractivity contribution < 1.29 is 17.9 Å². The zero-order valence-corrected chi connectivity index (χ0v) is 12.7. The second-order valence-corrected chi connectivity index (χ2v) is 6.23. The largest absolute Gasteiger partial charge is 0.465 e. The van der Waals surface area contributed by atoms with E-state index in [1.54, 1.807) is 6.92 Å². The summed E-state index contributed by atoms with van der Waals surface area (Å²) >= 11 is 5.91. The highest BCUT2D eigenvalue weighted by atomic mass is 35.5. The highest BCUT2D eigenvalue weighted by Gasteiger charge is 2.21. The smallest absolute Gasteiger partial charge is 0.337 e. The maximum Gasteiger partial charge on any atom is 0.337 e. The van der Waals surface area contributed by atoms with Crippen LogP contribution in [0.15, 0.2) is 29.3 Å². The van der Waals surface area contributed by atoms with Crippen molar-refractivity contribution in [1.82, 2.24) is 10.2 Å². The summed E-state index contributed by atoms with van der Waals surface area (Å²) in [7, 11) is -2.76. The number of esters is 1. The number of hydrogen-bond donors (Lipinski definition) is 2. The van der Waals surface area contributed by atoms with E-state index >= 15 is 0 Å². The zero-order chi connectivity index (χ0) is 15.6. The van der Waals surface area contributed by atoms with Crippen LogP contribution in [0.5, 0.6) is 0 Å². The van der Waals surface area contributed by atoms with Crippen LogP contribution >= 0.6 is 11.6 Å². The number of ether oxygens (including phenoxy) is 1. The number of halogens is 1. The average Bonchev–Trinajstić information content (AvgIpc) is 2.83. The number of carbonyl (C=O) groups excluding carboxylic acids is 1. The van der Waals surface area contributed by atoms with Gasteiger partial charge >= 0.3 is 5.97 Å². The van der Waals surface area contributed by atoms with Gasteiger partial charge in [-0.15, -0.1) is 0 Å². The molecule has 1 aromatic carbocycles. The molecule has 0 bridgehead atoms. The van der Waals surface area contributed by atoms with Gasteiger partial charge in [0.15, 0.2) is 0 Å². The summed E-state index contributed by atoms with van der Waals surface area (Å²) in [6.45, 7) is 1.69. The summed E-state index contributed by atoms with van der Waals surface area (Å²) in [5, 5.41) is 6.24. The van der Waals surface area contributed by atoms with E-state index in [2.05, 4.69) is 19.7 Å². The number of anilines is 1. The normalized spacial score (nSPS) is 11.2. The average molecular weight is 330 g/mol. The highest BCUT2D eigenvalue weighted by Crippen LogP contribution is 2.25. The van der Waals surface area contributed by atoms with Crippen LogP contribution in [0.4, 0.5) is 5.82 Å². The minimum atomic E-state index is -3.96. The fourth-order valence-corrected chi connectivity index (χ4v) is 3.21. The lowest BCUT2D eigenvalue weighted by Crippen LogP contribution is -2.15. The van der Waals surface area contributed by atoms with E-state index in [-0.39, 0.29) is 21.3 Å². The van der Waals surface area contributed by atoms with Gasteiger partial charge in [0, 0.05) is 5.56 Å². The molecule has 0 spiro atoms. The van der Waals surface area contributed by atoms with Gasteiger partial charge in [0.05, 0.1) is 23.9 Å². The first-order valence-electron chi connectivity index (χ1n) is 5.76. The van der Waals surface area contributed by atoms with Crippen molar-refractivity contribution in [2.24, 2.45) is 0 Å². The van der Waals surface area contributed by atoms with Crippen LogP contribution in [0.2, 0.25) is 5.02 Å². The van der Waals surface area contributed by atoms with Crippen molar-refractivity contribution in [3.63, 3.8) is 0 Å². The maximum absolute atomic E-state index is 12.3. The van der Waals surface area contributed by atoms with E-state index in [1.165, 1.54) is 25.4 Å². The predicted molar refractivity (Wildman–Crippen MR) is 76.9 cm³/mol. The molecular weight excluding hydrogens is 318 g/mol. The van der Waals surface area contributed by atoms with Crippen molar-refractivity contribution in [2.75, 3.05) is 11.8 Å². The molecule has 0 saturated heterocycles. The first-order valence-corrected chi connectivity index (χ1v) is 7.62. The third-order valence-corrected chi connectivity index (χ3v) is 4.54. The number of hydrogen-bond acceptors (Lipinski definition) is 5. The SMILES string of the molecule is COC(=O)c1ccc(Cl)c(S(=O)(=O)Nc2[nH]ncc2C)c1. The van der Waals surface area contributed by atoms with Gasteiger partial charge in [-0.2, -0.15) is 5.10 Å². The van der Waals surface area contributed by atoms with Gasteiger partial charge in [0.2, 0.25) is 0 Å². The van der Waals surface area contributed by atoms with Crippen LogP contribution in [0.3, 0.4) is 0 Å². The number of aromatic nitrogens is 2. The maximum atomic E-state index is 12.3. The Balaban J connectivity index is 2.44. The van der Waals surface area contributed by atoms with E-state index in [4.69, 9.17) is 11.6 Å². The van der Waals surface area contributed by atoms with E-state index in [0.29, 0.717) is 5.56 Å². The fourth-order valence-electron chi connectivity index (χ4n) is 1.59. The second-order valence-electron chi connectivity index (χ2n) is 4.17. The molecule has 0 aliphatic heterocycles. The Hall–Kier alpha value is -2.06. The van der Waals surface area contributed by atoms with Crippen molar-refractivity contribution in [2.45, 2.75) is 11.8 Å². The molecule has 2 rings (SSSR count). The third-order valence-electron chi connectivity index (χ3n) is 2.71. The number of nitrogens with zero attached hydrogens (tertiary/aromatic N) is 1. The van der Waals surface area contributed by atoms with Crippen LogP contribution in [0.1, 0.15) is 15.9 Å². The standard InChI is InChI=1S/C12H12ClN3O4S/c1-7-6-14-15-11(7)16-21(18,19)10-5-8(12(17)20-2)3-4-9(10)13/h3-6H,1-2H3,(H2,14,15,16). The molecular formula is C12H12ClN3O4S. The molecule has 1 heterocycles. The zero-order valence-electron chi connectivity index (χ0n) is 11.2. The summed E-state index contributed by atoms with van der Waals surface area (Å²) in [5.74, 6) is -0.421. The molecule has 0 saturated carbocycles. The van der Waals surface area contributed by atoms with Crippen LogP contribution < -0.4 is 4.72 Å². The Bertz CT molecular complexity index is 786.